The molecule has 2 aromatic carbocycles. The van der Waals surface area contributed by atoms with E-state index in [4.69, 9.17) is 39.5 Å². The summed E-state index contributed by atoms with van der Waals surface area (Å²) in [6.07, 6.45) is -7.95. The van der Waals surface area contributed by atoms with Crippen LogP contribution in [0.15, 0.2) is 41.2 Å². The van der Waals surface area contributed by atoms with E-state index in [0.29, 0.717) is 10.4 Å². The number of halogens is 6. The lowest BCUT2D eigenvalue weighted by Crippen LogP contribution is -2.54. The van der Waals surface area contributed by atoms with Crippen LogP contribution in [0.3, 0.4) is 0 Å². The van der Waals surface area contributed by atoms with Crippen molar-refractivity contribution >= 4 is 34.8 Å². The molecule has 4 aromatic rings. The SMILES string of the molecule is COC1C(c2c(O)cc(-n3c(C)ccc3C)cc2O)C(O)C1c1c(C(F)(F)F)[nH]n(-c2c(Cl)cc(Cl)cc2Cl)c1=O. The number of aryl methyl sites for hydroxylation is 2. The molecule has 8 nitrogen and oxygen atoms in total. The number of ether oxygens (including phenoxy) is 1. The summed E-state index contributed by atoms with van der Waals surface area (Å²) in [5.41, 5.74) is -1.71. The van der Waals surface area contributed by atoms with Crippen LogP contribution in [0, 0.1) is 13.8 Å². The van der Waals surface area contributed by atoms with Gasteiger partial charge in [-0.05, 0) is 38.1 Å². The van der Waals surface area contributed by atoms with Crippen LogP contribution in [-0.2, 0) is 10.9 Å². The average Bonchev–Trinajstić information content (AvgIpc) is 3.37. The molecular weight excluding hydrogens is 610 g/mol. The van der Waals surface area contributed by atoms with Crippen LogP contribution in [-0.4, -0.2) is 49.0 Å². The molecule has 0 bridgehead atoms. The number of aromatic nitrogens is 3. The standard InChI is InChI=1S/C27H23Cl3F3N3O5/c1-10-4-5-11(2)35(10)13-8-16(37)18(17(38)9-13)19-23(39)20(24(19)41-3)21-25(27(31,32)33)34-36(26(21)40)22-14(29)6-12(28)7-15(22)30/h4-9,19-20,23-24,34,37-39H,1-3H3. The topological polar surface area (TPSA) is 113 Å². The number of benzene rings is 2. The number of aliphatic hydroxyl groups excluding tert-OH is 1. The number of alkyl halides is 3. The minimum atomic E-state index is -5.05. The fraction of sp³-hybridized carbons (Fsp3) is 0.296. The molecule has 0 spiro atoms. The van der Waals surface area contributed by atoms with Gasteiger partial charge in [0.15, 0.2) is 0 Å². The third-order valence-electron chi connectivity index (χ3n) is 7.45. The number of methoxy groups -OCH3 is 1. The van der Waals surface area contributed by atoms with E-state index in [9.17, 15) is 33.3 Å². The molecule has 0 radical (unpaired) electrons. The summed E-state index contributed by atoms with van der Waals surface area (Å²) in [4.78, 5) is 13.5. The highest BCUT2D eigenvalue weighted by Gasteiger charge is 2.57. The Morgan fingerprint density at radius 3 is 1.93 bits per heavy atom. The lowest BCUT2D eigenvalue weighted by molar-refractivity contribution is -0.145. The normalized spacial score (nSPS) is 20.8. The van der Waals surface area contributed by atoms with Crippen molar-refractivity contribution in [2.45, 2.75) is 44.1 Å². The second-order valence-electron chi connectivity index (χ2n) is 9.85. The highest BCUT2D eigenvalue weighted by atomic mass is 35.5. The Labute approximate surface area is 246 Å². The summed E-state index contributed by atoms with van der Waals surface area (Å²) in [7, 11) is 1.19. The fourth-order valence-electron chi connectivity index (χ4n) is 5.69. The Morgan fingerprint density at radius 1 is 0.927 bits per heavy atom. The highest BCUT2D eigenvalue weighted by molar-refractivity contribution is 6.40. The summed E-state index contributed by atoms with van der Waals surface area (Å²) < 4.78 is 50.4. The number of phenolic OH excluding ortho intramolecular Hbond substituents is 2. The number of H-pyrrole nitrogens is 1. The first-order valence-electron chi connectivity index (χ1n) is 12.2. The maximum atomic E-state index is 14.2. The minimum Gasteiger partial charge on any atom is -0.507 e. The molecule has 218 valence electrons. The molecule has 4 unspecified atom stereocenters. The van der Waals surface area contributed by atoms with Crippen LogP contribution in [0.25, 0.3) is 11.4 Å². The van der Waals surface area contributed by atoms with E-state index in [1.54, 1.807) is 4.57 Å². The molecule has 4 N–H and O–H groups in total. The molecule has 41 heavy (non-hydrogen) atoms. The van der Waals surface area contributed by atoms with Gasteiger partial charge in [0.05, 0.1) is 33.5 Å². The second kappa shape index (κ2) is 10.3. The van der Waals surface area contributed by atoms with E-state index in [0.717, 1.165) is 11.4 Å². The van der Waals surface area contributed by atoms with Gasteiger partial charge in [-0.15, -0.1) is 0 Å². The molecule has 0 saturated heterocycles. The van der Waals surface area contributed by atoms with E-state index < -0.39 is 58.5 Å². The number of nitrogens with one attached hydrogen (secondary N) is 1. The summed E-state index contributed by atoms with van der Waals surface area (Å²) in [6, 6.07) is 8.87. The lowest BCUT2D eigenvalue weighted by Gasteiger charge is -2.48. The van der Waals surface area contributed by atoms with Crippen LogP contribution >= 0.6 is 34.8 Å². The van der Waals surface area contributed by atoms with Crippen LogP contribution in [0.5, 0.6) is 11.5 Å². The zero-order valence-electron chi connectivity index (χ0n) is 21.6. The first-order chi connectivity index (χ1) is 19.2. The molecule has 1 aliphatic carbocycles. The molecule has 2 heterocycles. The van der Waals surface area contributed by atoms with Crippen molar-refractivity contribution < 1.29 is 33.2 Å². The first-order valence-corrected chi connectivity index (χ1v) is 13.3. The third-order valence-corrected chi connectivity index (χ3v) is 8.24. The summed E-state index contributed by atoms with van der Waals surface area (Å²) >= 11 is 18.3. The van der Waals surface area contributed by atoms with E-state index in [2.05, 4.69) is 0 Å². The van der Waals surface area contributed by atoms with E-state index in [1.165, 1.54) is 31.4 Å². The summed E-state index contributed by atoms with van der Waals surface area (Å²) in [5, 5.41) is 34.8. The van der Waals surface area contributed by atoms with E-state index in [1.807, 2.05) is 31.1 Å². The van der Waals surface area contributed by atoms with Gasteiger partial charge in [-0.25, -0.2) is 4.68 Å². The number of hydrogen-bond acceptors (Lipinski definition) is 5. The van der Waals surface area contributed by atoms with Crippen molar-refractivity contribution in [3.05, 3.63) is 90.0 Å². The Kier molecular flexibility index (Phi) is 7.40. The molecule has 5 rings (SSSR count). The predicted molar refractivity (Wildman–Crippen MR) is 147 cm³/mol. The van der Waals surface area contributed by atoms with Gasteiger partial charge < -0.3 is 24.6 Å². The zero-order chi connectivity index (χ0) is 30.1. The van der Waals surface area contributed by atoms with Crippen molar-refractivity contribution in [2.75, 3.05) is 7.11 Å². The second-order valence-corrected chi connectivity index (χ2v) is 11.1. The Bertz CT molecular complexity index is 1660. The molecule has 2 aromatic heterocycles. The van der Waals surface area contributed by atoms with Crippen LogP contribution in [0.2, 0.25) is 15.1 Å². The quantitative estimate of drug-likeness (QED) is 0.209. The maximum Gasteiger partial charge on any atom is 0.433 e. The summed E-state index contributed by atoms with van der Waals surface area (Å²) in [6.45, 7) is 3.67. The van der Waals surface area contributed by atoms with Gasteiger partial charge in [0.1, 0.15) is 22.9 Å². The van der Waals surface area contributed by atoms with Gasteiger partial charge in [-0.2, -0.15) is 13.2 Å². The molecule has 0 amide bonds. The van der Waals surface area contributed by atoms with Gasteiger partial charge >= 0.3 is 6.18 Å². The molecule has 1 aliphatic rings. The number of hydrogen-bond donors (Lipinski definition) is 4. The average molecular weight is 633 g/mol. The Hall–Kier alpha value is -3.09. The van der Waals surface area contributed by atoms with Gasteiger partial charge in [-0.3, -0.25) is 9.89 Å². The molecule has 1 fully saturated rings. The molecule has 14 heteroatoms. The smallest absolute Gasteiger partial charge is 0.433 e. The number of nitrogens with zero attached hydrogens (tertiary/aromatic N) is 2. The highest BCUT2D eigenvalue weighted by Crippen LogP contribution is 2.55. The largest absolute Gasteiger partial charge is 0.507 e. The monoisotopic (exact) mass is 631 g/mol. The zero-order valence-corrected chi connectivity index (χ0v) is 23.9. The van der Waals surface area contributed by atoms with Crippen molar-refractivity contribution in [3.63, 3.8) is 0 Å². The maximum absolute atomic E-state index is 14.2. The Balaban J connectivity index is 1.61. The number of aromatic amines is 1. The number of aromatic hydroxyl groups is 2. The molecule has 1 saturated carbocycles. The van der Waals surface area contributed by atoms with Gasteiger partial charge in [0, 0.05) is 53.1 Å². The van der Waals surface area contributed by atoms with Crippen molar-refractivity contribution in [1.29, 1.82) is 0 Å². The lowest BCUT2D eigenvalue weighted by atomic mass is 9.62. The van der Waals surface area contributed by atoms with Crippen LogP contribution < -0.4 is 5.56 Å². The predicted octanol–water partition coefficient (Wildman–Crippen LogP) is 6.22. The Morgan fingerprint density at radius 2 is 1.44 bits per heavy atom. The minimum absolute atomic E-state index is 0.101. The van der Waals surface area contributed by atoms with Crippen molar-refractivity contribution in [2.24, 2.45) is 0 Å². The molecular formula is C27H23Cl3F3N3O5. The molecule has 4 atom stereocenters. The first kappa shape index (κ1) is 29.4. The van der Waals surface area contributed by atoms with E-state index in [-0.39, 0.29) is 26.3 Å². The van der Waals surface area contributed by atoms with Gasteiger partial charge in [0.25, 0.3) is 5.56 Å². The fourth-order valence-corrected chi connectivity index (χ4v) is 6.68. The van der Waals surface area contributed by atoms with Crippen LogP contribution in [0.4, 0.5) is 13.2 Å². The number of rotatable bonds is 5. The third kappa shape index (κ3) is 4.69. The van der Waals surface area contributed by atoms with Crippen molar-refractivity contribution in [3.8, 4) is 22.9 Å². The van der Waals surface area contributed by atoms with Crippen LogP contribution in [0.1, 0.15) is 40.0 Å². The van der Waals surface area contributed by atoms with E-state index >= 15 is 0 Å². The number of phenols is 2. The van der Waals surface area contributed by atoms with Gasteiger partial charge in [-0.1, -0.05) is 34.8 Å². The van der Waals surface area contributed by atoms with Crippen molar-refractivity contribution in [1.82, 2.24) is 14.3 Å². The van der Waals surface area contributed by atoms with Gasteiger partial charge in [0.2, 0.25) is 0 Å². The summed E-state index contributed by atoms with van der Waals surface area (Å²) in [5.74, 6) is -3.47. The number of aliphatic hydroxyl groups is 1. The molecule has 0 aliphatic heterocycles.